The first-order chi connectivity index (χ1) is 4.38. The molecule has 3 nitrogen and oxygen atoms in total. The van der Waals surface area contributed by atoms with Crippen LogP contribution < -0.4 is 5.43 Å². The van der Waals surface area contributed by atoms with E-state index in [1.54, 1.807) is 0 Å². The second-order valence-electron chi connectivity index (χ2n) is 2.52. The second kappa shape index (κ2) is 1.56. The molecule has 1 heterocycles. The van der Waals surface area contributed by atoms with Crippen LogP contribution >= 0.6 is 0 Å². The van der Waals surface area contributed by atoms with Gasteiger partial charge in [0.2, 0.25) is 5.91 Å². The zero-order valence-corrected chi connectivity index (χ0v) is 5.05. The second-order valence-corrected chi connectivity index (χ2v) is 2.52. The maximum absolute atomic E-state index is 10.8. The molecule has 1 N–H and O–H groups in total. The van der Waals surface area contributed by atoms with E-state index in [9.17, 15) is 4.79 Å². The number of hydrogen-bond acceptors (Lipinski definition) is 2. The van der Waals surface area contributed by atoms with E-state index in [1.807, 2.05) is 0 Å². The molecule has 1 aliphatic carbocycles. The Kier molecular flexibility index (Phi) is 0.860. The number of carbonyl (C=O) groups excluding carboxylic acids is 1. The number of carbonyl (C=O) groups is 1. The van der Waals surface area contributed by atoms with Crippen molar-refractivity contribution in [1.29, 1.82) is 0 Å². The first-order valence-corrected chi connectivity index (χ1v) is 3.24. The van der Waals surface area contributed by atoms with Gasteiger partial charge >= 0.3 is 0 Å². The van der Waals surface area contributed by atoms with E-state index < -0.39 is 0 Å². The van der Waals surface area contributed by atoms with Crippen LogP contribution in [0.25, 0.3) is 0 Å². The molecule has 1 amide bonds. The molecule has 1 fully saturated rings. The van der Waals surface area contributed by atoms with E-state index in [2.05, 4.69) is 10.5 Å². The van der Waals surface area contributed by atoms with E-state index in [1.165, 1.54) is 0 Å². The van der Waals surface area contributed by atoms with Crippen LogP contribution in [0.1, 0.15) is 19.3 Å². The molecular weight excluding hydrogens is 116 g/mol. The third kappa shape index (κ3) is 0.573. The highest BCUT2D eigenvalue weighted by Crippen LogP contribution is 2.25. The summed E-state index contributed by atoms with van der Waals surface area (Å²) in [7, 11) is 0. The smallest absolute Gasteiger partial charge is 0.248 e. The van der Waals surface area contributed by atoms with Crippen molar-refractivity contribution in [2.24, 2.45) is 11.0 Å². The van der Waals surface area contributed by atoms with Crippen molar-refractivity contribution in [2.75, 3.05) is 0 Å². The summed E-state index contributed by atoms with van der Waals surface area (Å²) in [6, 6.07) is 0. The lowest BCUT2D eigenvalue weighted by molar-refractivity contribution is -0.122. The van der Waals surface area contributed by atoms with Gasteiger partial charge in [0.25, 0.3) is 0 Å². The predicted octanol–water partition coefficient (Wildman–Crippen LogP) is 0.272. The van der Waals surface area contributed by atoms with Crippen molar-refractivity contribution < 1.29 is 4.79 Å². The molecule has 1 saturated carbocycles. The molecule has 0 aromatic rings. The topological polar surface area (TPSA) is 41.5 Å². The summed E-state index contributed by atoms with van der Waals surface area (Å²) < 4.78 is 0. The SMILES string of the molecule is O=C1NN=C2CCC[C@H]12. The van der Waals surface area contributed by atoms with Gasteiger partial charge < -0.3 is 0 Å². The first-order valence-electron chi connectivity index (χ1n) is 3.24. The van der Waals surface area contributed by atoms with E-state index in [0.29, 0.717) is 0 Å². The largest absolute Gasteiger partial charge is 0.272 e. The summed E-state index contributed by atoms with van der Waals surface area (Å²) in [5.41, 5.74) is 3.54. The van der Waals surface area contributed by atoms with Gasteiger partial charge in [-0.3, -0.25) is 4.79 Å². The number of nitrogens with zero attached hydrogens (tertiary/aromatic N) is 1. The molecule has 48 valence electrons. The average molecular weight is 124 g/mol. The van der Waals surface area contributed by atoms with Crippen molar-refractivity contribution in [3.8, 4) is 0 Å². The molecule has 1 aliphatic heterocycles. The van der Waals surface area contributed by atoms with Crippen LogP contribution in [0, 0.1) is 5.92 Å². The van der Waals surface area contributed by atoms with Crippen LogP contribution in [0.3, 0.4) is 0 Å². The predicted molar refractivity (Wildman–Crippen MR) is 32.9 cm³/mol. The molecule has 2 rings (SSSR count). The highest BCUT2D eigenvalue weighted by atomic mass is 16.2. The Morgan fingerprint density at radius 2 is 2.56 bits per heavy atom. The number of nitrogens with one attached hydrogen (secondary N) is 1. The Bertz CT molecular complexity index is 185. The Hall–Kier alpha value is -0.860. The molecule has 0 unspecified atom stereocenters. The van der Waals surface area contributed by atoms with Crippen LogP contribution in [0.4, 0.5) is 0 Å². The quantitative estimate of drug-likeness (QED) is 0.495. The monoisotopic (exact) mass is 124 g/mol. The molecule has 2 aliphatic rings. The van der Waals surface area contributed by atoms with Crippen LogP contribution in [-0.4, -0.2) is 11.6 Å². The molecular formula is C6H8N2O. The van der Waals surface area contributed by atoms with Gasteiger partial charge in [0.1, 0.15) is 0 Å². The maximum atomic E-state index is 10.8. The normalized spacial score (nSPS) is 31.8. The fraction of sp³-hybridized carbons (Fsp3) is 0.667. The highest BCUT2D eigenvalue weighted by molar-refractivity contribution is 6.09. The number of hydrogen-bond donors (Lipinski definition) is 1. The average Bonchev–Trinajstić information content (AvgIpc) is 2.35. The van der Waals surface area contributed by atoms with Crippen molar-refractivity contribution in [3.05, 3.63) is 0 Å². The lowest BCUT2D eigenvalue weighted by Gasteiger charge is -1.94. The zero-order valence-electron chi connectivity index (χ0n) is 5.05. The van der Waals surface area contributed by atoms with Gasteiger partial charge in [-0.1, -0.05) is 0 Å². The van der Waals surface area contributed by atoms with Gasteiger partial charge in [0.15, 0.2) is 0 Å². The minimum atomic E-state index is 0.0995. The number of rotatable bonds is 0. The summed E-state index contributed by atoms with van der Waals surface area (Å²) in [5, 5.41) is 3.90. The van der Waals surface area contributed by atoms with Crippen molar-refractivity contribution in [1.82, 2.24) is 5.43 Å². The lowest BCUT2D eigenvalue weighted by atomic mass is 10.1. The van der Waals surface area contributed by atoms with Crippen LogP contribution in [-0.2, 0) is 4.79 Å². The van der Waals surface area contributed by atoms with Gasteiger partial charge in [-0.2, -0.15) is 5.10 Å². The minimum Gasteiger partial charge on any atom is -0.272 e. The molecule has 0 radical (unpaired) electrons. The minimum absolute atomic E-state index is 0.0995. The van der Waals surface area contributed by atoms with Gasteiger partial charge in [-0.15, -0.1) is 0 Å². The van der Waals surface area contributed by atoms with Crippen molar-refractivity contribution in [2.45, 2.75) is 19.3 Å². The molecule has 0 aromatic carbocycles. The molecule has 0 bridgehead atoms. The summed E-state index contributed by atoms with van der Waals surface area (Å²) >= 11 is 0. The Morgan fingerprint density at radius 1 is 1.67 bits per heavy atom. The molecule has 0 aromatic heterocycles. The molecule has 1 atom stereocenters. The summed E-state index contributed by atoms with van der Waals surface area (Å²) in [5.74, 6) is 0.243. The third-order valence-corrected chi connectivity index (χ3v) is 1.95. The summed E-state index contributed by atoms with van der Waals surface area (Å²) in [6.07, 6.45) is 3.16. The Morgan fingerprint density at radius 3 is 3.33 bits per heavy atom. The Balaban J connectivity index is 2.28. The number of amides is 1. The van der Waals surface area contributed by atoms with Crippen LogP contribution in [0.15, 0.2) is 5.10 Å². The standard InChI is InChI=1S/C6H8N2O/c9-6-4-2-1-3-5(4)7-8-6/h4H,1-3H2,(H,8,9)/t4-/m0/s1. The fourth-order valence-corrected chi connectivity index (χ4v) is 1.45. The van der Waals surface area contributed by atoms with Crippen molar-refractivity contribution in [3.63, 3.8) is 0 Å². The van der Waals surface area contributed by atoms with Crippen LogP contribution in [0.2, 0.25) is 0 Å². The first kappa shape index (κ1) is 4.97. The lowest BCUT2D eigenvalue weighted by Crippen LogP contribution is -2.19. The Labute approximate surface area is 53.1 Å². The van der Waals surface area contributed by atoms with E-state index >= 15 is 0 Å². The molecule has 0 spiro atoms. The number of fused-ring (bicyclic) bond motifs is 1. The molecule has 9 heavy (non-hydrogen) atoms. The van der Waals surface area contributed by atoms with E-state index in [4.69, 9.17) is 0 Å². The van der Waals surface area contributed by atoms with E-state index in [-0.39, 0.29) is 11.8 Å². The summed E-state index contributed by atoms with van der Waals surface area (Å²) in [6.45, 7) is 0. The zero-order chi connectivity index (χ0) is 6.27. The van der Waals surface area contributed by atoms with Crippen LogP contribution in [0.5, 0.6) is 0 Å². The van der Waals surface area contributed by atoms with Gasteiger partial charge in [-0.25, -0.2) is 5.43 Å². The van der Waals surface area contributed by atoms with E-state index in [0.717, 1.165) is 25.0 Å². The molecule has 0 saturated heterocycles. The summed E-state index contributed by atoms with van der Waals surface area (Å²) in [4.78, 5) is 10.8. The van der Waals surface area contributed by atoms with Gasteiger partial charge in [0.05, 0.1) is 11.6 Å². The maximum Gasteiger partial charge on any atom is 0.248 e. The van der Waals surface area contributed by atoms with Crippen molar-refractivity contribution >= 4 is 11.6 Å². The number of hydrazone groups is 1. The third-order valence-electron chi connectivity index (χ3n) is 1.95. The van der Waals surface area contributed by atoms with Gasteiger partial charge in [0, 0.05) is 0 Å². The highest BCUT2D eigenvalue weighted by Gasteiger charge is 2.33. The fourth-order valence-electron chi connectivity index (χ4n) is 1.45. The molecule has 3 heteroatoms. The van der Waals surface area contributed by atoms with Gasteiger partial charge in [-0.05, 0) is 19.3 Å².